The molecule has 0 bridgehead atoms. The minimum absolute atomic E-state index is 0.388. The lowest BCUT2D eigenvalue weighted by atomic mass is 9.89. The first-order chi connectivity index (χ1) is 10.1. The maximum absolute atomic E-state index is 10.6. The molecule has 0 fully saturated rings. The summed E-state index contributed by atoms with van der Waals surface area (Å²) in [5.41, 5.74) is 3.42. The van der Waals surface area contributed by atoms with Crippen LogP contribution in [0.3, 0.4) is 0 Å². The molecule has 1 aromatic carbocycles. The van der Waals surface area contributed by atoms with Crippen molar-refractivity contribution in [1.29, 1.82) is 0 Å². The number of aliphatic carboxylic acids is 1. The van der Waals surface area contributed by atoms with Crippen LogP contribution in [0, 0.1) is 6.92 Å². The molecule has 114 valence electrons. The van der Waals surface area contributed by atoms with Gasteiger partial charge in [0.25, 0.3) is 0 Å². The average molecular weight is 286 g/mol. The Bertz CT molecular complexity index is 500. The van der Waals surface area contributed by atoms with Gasteiger partial charge in [-0.15, -0.1) is 6.58 Å². The molecule has 0 spiro atoms. The minimum Gasteiger partial charge on any atom is -0.478 e. The zero-order valence-electron chi connectivity index (χ0n) is 13.1. The summed E-state index contributed by atoms with van der Waals surface area (Å²) >= 11 is 0. The van der Waals surface area contributed by atoms with Gasteiger partial charge in [-0.05, 0) is 36.1 Å². The molecular weight excluding hydrogens is 260 g/mol. The molecule has 0 aliphatic rings. The van der Waals surface area contributed by atoms with Gasteiger partial charge in [0.2, 0.25) is 0 Å². The van der Waals surface area contributed by atoms with E-state index in [0.29, 0.717) is 5.92 Å². The lowest BCUT2D eigenvalue weighted by Gasteiger charge is -2.16. The van der Waals surface area contributed by atoms with Crippen molar-refractivity contribution in [2.75, 3.05) is 0 Å². The molecule has 2 nitrogen and oxygen atoms in total. The standard InChI is InChI=1S/C19H26O2/c1-4-6-7-8-9-17(5-2)18-12-10-16(14-15(18)3)11-13-19(20)21/h5,10-14,17H,2,4,6-9H2,1,3H3,(H,20,21). The van der Waals surface area contributed by atoms with Gasteiger partial charge in [-0.3, -0.25) is 0 Å². The Kier molecular flexibility index (Phi) is 7.52. The van der Waals surface area contributed by atoms with Crippen LogP contribution in [-0.4, -0.2) is 11.1 Å². The predicted octanol–water partition coefficient (Wildman–Crippen LogP) is 5.33. The van der Waals surface area contributed by atoms with E-state index >= 15 is 0 Å². The van der Waals surface area contributed by atoms with E-state index in [2.05, 4.69) is 26.5 Å². The first-order valence-electron chi connectivity index (χ1n) is 7.72. The van der Waals surface area contributed by atoms with Crippen LogP contribution < -0.4 is 0 Å². The number of allylic oxidation sites excluding steroid dienone is 1. The van der Waals surface area contributed by atoms with Crippen LogP contribution in [-0.2, 0) is 4.79 Å². The minimum atomic E-state index is -0.920. The number of aryl methyl sites for hydroxylation is 1. The predicted molar refractivity (Wildman–Crippen MR) is 89.5 cm³/mol. The number of hydrogen-bond acceptors (Lipinski definition) is 1. The number of carboxylic acid groups (broad SMARTS) is 1. The second-order valence-corrected chi connectivity index (χ2v) is 5.48. The molecule has 21 heavy (non-hydrogen) atoms. The number of carboxylic acids is 1. The van der Waals surface area contributed by atoms with Crippen molar-refractivity contribution in [2.24, 2.45) is 0 Å². The van der Waals surface area contributed by atoms with Crippen LogP contribution >= 0.6 is 0 Å². The Morgan fingerprint density at radius 2 is 2.10 bits per heavy atom. The maximum atomic E-state index is 10.6. The van der Waals surface area contributed by atoms with Crippen LogP contribution in [0.5, 0.6) is 0 Å². The van der Waals surface area contributed by atoms with Crippen molar-refractivity contribution in [3.05, 3.63) is 53.6 Å². The summed E-state index contributed by atoms with van der Waals surface area (Å²) in [5.74, 6) is -0.531. The van der Waals surface area contributed by atoms with Crippen molar-refractivity contribution in [1.82, 2.24) is 0 Å². The molecule has 0 saturated carbocycles. The second kappa shape index (κ2) is 9.17. The van der Waals surface area contributed by atoms with Gasteiger partial charge in [-0.2, -0.15) is 0 Å². The van der Waals surface area contributed by atoms with Crippen LogP contribution in [0.15, 0.2) is 36.9 Å². The Morgan fingerprint density at radius 3 is 2.67 bits per heavy atom. The number of unbranched alkanes of at least 4 members (excludes halogenated alkanes) is 3. The summed E-state index contributed by atoms with van der Waals surface area (Å²) in [6, 6.07) is 6.12. The highest BCUT2D eigenvalue weighted by atomic mass is 16.4. The lowest BCUT2D eigenvalue weighted by Crippen LogP contribution is -1.99. The maximum Gasteiger partial charge on any atom is 0.328 e. The van der Waals surface area contributed by atoms with Gasteiger partial charge in [-0.25, -0.2) is 4.79 Å². The summed E-state index contributed by atoms with van der Waals surface area (Å²) in [7, 11) is 0. The number of benzene rings is 1. The molecule has 0 saturated heterocycles. The third-order valence-electron chi connectivity index (χ3n) is 3.76. The van der Waals surface area contributed by atoms with Crippen molar-refractivity contribution < 1.29 is 9.90 Å². The number of carbonyl (C=O) groups is 1. The molecule has 0 aromatic heterocycles. The fraction of sp³-hybridized carbons (Fsp3) is 0.421. The third kappa shape index (κ3) is 5.99. The van der Waals surface area contributed by atoms with Gasteiger partial charge >= 0.3 is 5.97 Å². The van der Waals surface area contributed by atoms with E-state index in [-0.39, 0.29) is 0 Å². The van der Waals surface area contributed by atoms with Gasteiger partial charge < -0.3 is 5.11 Å². The van der Waals surface area contributed by atoms with Gasteiger partial charge in [0, 0.05) is 12.0 Å². The highest BCUT2D eigenvalue weighted by molar-refractivity contribution is 5.85. The highest BCUT2D eigenvalue weighted by Gasteiger charge is 2.10. The molecule has 0 heterocycles. The molecule has 2 heteroatoms. The fourth-order valence-electron chi connectivity index (χ4n) is 2.58. The first kappa shape index (κ1) is 17.2. The van der Waals surface area contributed by atoms with Gasteiger partial charge in [0.1, 0.15) is 0 Å². The largest absolute Gasteiger partial charge is 0.478 e. The molecule has 1 aromatic rings. The van der Waals surface area contributed by atoms with Crippen LogP contribution in [0.4, 0.5) is 0 Å². The molecule has 1 N–H and O–H groups in total. The Hall–Kier alpha value is -1.83. The molecule has 1 rings (SSSR count). The summed E-state index contributed by atoms with van der Waals surface area (Å²) < 4.78 is 0. The smallest absolute Gasteiger partial charge is 0.328 e. The Labute approximate surface area is 128 Å². The quantitative estimate of drug-likeness (QED) is 0.378. The molecule has 1 unspecified atom stereocenters. The fourth-order valence-corrected chi connectivity index (χ4v) is 2.58. The summed E-state index contributed by atoms with van der Waals surface area (Å²) in [6.45, 7) is 8.27. The van der Waals surface area contributed by atoms with E-state index in [0.717, 1.165) is 12.0 Å². The van der Waals surface area contributed by atoms with Crippen molar-refractivity contribution in [2.45, 2.75) is 51.9 Å². The third-order valence-corrected chi connectivity index (χ3v) is 3.76. The van der Waals surface area contributed by atoms with E-state index in [9.17, 15) is 4.79 Å². The monoisotopic (exact) mass is 286 g/mol. The summed E-state index contributed by atoms with van der Waals surface area (Å²) in [6.07, 6.45) is 11.0. The SMILES string of the molecule is C=CC(CCCCCC)c1ccc(C=CC(=O)O)cc1C. The summed E-state index contributed by atoms with van der Waals surface area (Å²) in [4.78, 5) is 10.6. The Morgan fingerprint density at radius 1 is 1.33 bits per heavy atom. The highest BCUT2D eigenvalue weighted by Crippen LogP contribution is 2.27. The average Bonchev–Trinajstić information content (AvgIpc) is 2.46. The van der Waals surface area contributed by atoms with E-state index in [1.807, 2.05) is 18.2 Å². The second-order valence-electron chi connectivity index (χ2n) is 5.48. The topological polar surface area (TPSA) is 37.3 Å². The molecule has 0 radical (unpaired) electrons. The van der Waals surface area contributed by atoms with E-state index in [1.165, 1.54) is 42.9 Å². The van der Waals surface area contributed by atoms with E-state index < -0.39 is 5.97 Å². The van der Waals surface area contributed by atoms with Crippen LogP contribution in [0.25, 0.3) is 6.08 Å². The van der Waals surface area contributed by atoms with Gasteiger partial charge in [0.15, 0.2) is 0 Å². The first-order valence-corrected chi connectivity index (χ1v) is 7.72. The van der Waals surface area contributed by atoms with E-state index in [4.69, 9.17) is 5.11 Å². The lowest BCUT2D eigenvalue weighted by molar-refractivity contribution is -0.131. The van der Waals surface area contributed by atoms with Crippen LogP contribution in [0.1, 0.15) is 61.6 Å². The van der Waals surface area contributed by atoms with Crippen molar-refractivity contribution in [3.63, 3.8) is 0 Å². The molecule has 0 aliphatic heterocycles. The van der Waals surface area contributed by atoms with Crippen molar-refractivity contribution in [3.8, 4) is 0 Å². The number of rotatable bonds is 9. The molecule has 0 amide bonds. The molecule has 0 aliphatic carbocycles. The Balaban J connectivity index is 2.76. The van der Waals surface area contributed by atoms with Crippen LogP contribution in [0.2, 0.25) is 0 Å². The zero-order chi connectivity index (χ0) is 15.7. The van der Waals surface area contributed by atoms with Gasteiger partial charge in [0.05, 0.1) is 0 Å². The molecular formula is C19H26O2. The van der Waals surface area contributed by atoms with E-state index in [1.54, 1.807) is 6.08 Å². The normalized spacial score (nSPS) is 12.5. The zero-order valence-corrected chi connectivity index (χ0v) is 13.1. The molecule has 1 atom stereocenters. The summed E-state index contributed by atoms with van der Waals surface area (Å²) in [5, 5.41) is 8.67. The van der Waals surface area contributed by atoms with Gasteiger partial charge in [-0.1, -0.05) is 56.9 Å². The van der Waals surface area contributed by atoms with Crippen molar-refractivity contribution >= 4 is 12.0 Å². The number of hydrogen-bond donors (Lipinski definition) is 1.